The number of methoxy groups -OCH3 is 1. The zero-order valence-corrected chi connectivity index (χ0v) is 15.2. The van der Waals surface area contributed by atoms with Crippen LogP contribution in [-0.2, 0) is 0 Å². The monoisotopic (exact) mass is 350 g/mol. The molecule has 1 spiro atoms. The molecule has 1 aliphatic carbocycles. The van der Waals surface area contributed by atoms with Gasteiger partial charge in [0.25, 0.3) is 0 Å². The molecule has 2 N–H and O–H groups in total. The second-order valence-electron chi connectivity index (χ2n) is 7.34. The normalized spacial score (nSPS) is 22.0. The minimum Gasteiger partial charge on any atom is -0.508 e. The van der Waals surface area contributed by atoms with Gasteiger partial charge in [0.2, 0.25) is 0 Å². The fourth-order valence-electron chi connectivity index (χ4n) is 4.23. The predicted octanol–water partition coefficient (Wildman–Crippen LogP) is 4.58. The quantitative estimate of drug-likeness (QED) is 0.851. The second-order valence-corrected chi connectivity index (χ2v) is 7.34. The highest BCUT2D eigenvalue weighted by Crippen LogP contribution is 2.39. The number of phenolic OH excluding ortho intramolecular Hbond substituents is 1. The first-order chi connectivity index (χ1) is 12.7. The predicted molar refractivity (Wildman–Crippen MR) is 104 cm³/mol. The Balaban J connectivity index is 1.72. The first kappa shape index (κ1) is 17.1. The number of aromatic hydroxyl groups is 1. The van der Waals surface area contributed by atoms with E-state index < -0.39 is 0 Å². The molecule has 1 fully saturated rings. The number of benzene rings is 2. The summed E-state index contributed by atoms with van der Waals surface area (Å²) in [5.41, 5.74) is 3.00. The van der Waals surface area contributed by atoms with Crippen LogP contribution in [0.4, 0.5) is 0 Å². The first-order valence-electron chi connectivity index (χ1n) is 9.48. The van der Waals surface area contributed by atoms with Gasteiger partial charge in [0.05, 0.1) is 7.11 Å². The van der Waals surface area contributed by atoms with Crippen molar-refractivity contribution in [2.45, 2.75) is 50.2 Å². The summed E-state index contributed by atoms with van der Waals surface area (Å²) >= 11 is 0. The molecular formula is C22H26N2O2. The first-order valence-corrected chi connectivity index (χ1v) is 9.48. The van der Waals surface area contributed by atoms with E-state index in [1.807, 2.05) is 30.3 Å². The van der Waals surface area contributed by atoms with Crippen molar-refractivity contribution in [3.63, 3.8) is 0 Å². The van der Waals surface area contributed by atoms with E-state index in [-0.39, 0.29) is 11.7 Å². The summed E-state index contributed by atoms with van der Waals surface area (Å²) in [4.78, 5) is 5.19. The van der Waals surface area contributed by atoms with Gasteiger partial charge in [-0.2, -0.15) is 0 Å². The third-order valence-electron chi connectivity index (χ3n) is 5.61. The summed E-state index contributed by atoms with van der Waals surface area (Å²) in [5.74, 6) is 1.21. The van der Waals surface area contributed by atoms with Gasteiger partial charge in [0, 0.05) is 23.7 Å². The number of aliphatic imine (C=N–C) groups is 1. The summed E-state index contributed by atoms with van der Waals surface area (Å²) in [7, 11) is 1.68. The topological polar surface area (TPSA) is 53.8 Å². The van der Waals surface area contributed by atoms with Crippen molar-refractivity contribution in [1.82, 2.24) is 5.32 Å². The minimum absolute atomic E-state index is 0.0731. The van der Waals surface area contributed by atoms with E-state index >= 15 is 0 Å². The lowest BCUT2D eigenvalue weighted by Gasteiger charge is -2.42. The van der Waals surface area contributed by atoms with Crippen LogP contribution in [0.3, 0.4) is 0 Å². The molecule has 1 saturated carbocycles. The van der Waals surface area contributed by atoms with Crippen LogP contribution in [0.25, 0.3) is 0 Å². The van der Waals surface area contributed by atoms with Crippen molar-refractivity contribution in [1.29, 1.82) is 0 Å². The van der Waals surface area contributed by atoms with Crippen LogP contribution in [0.5, 0.6) is 11.5 Å². The molecule has 2 aliphatic rings. The average molecular weight is 350 g/mol. The number of rotatable bonds is 3. The highest BCUT2D eigenvalue weighted by atomic mass is 16.5. The maximum atomic E-state index is 10.4. The highest BCUT2D eigenvalue weighted by molar-refractivity contribution is 6.01. The van der Waals surface area contributed by atoms with Crippen LogP contribution >= 0.6 is 0 Å². The Morgan fingerprint density at radius 3 is 2.46 bits per heavy atom. The molecule has 0 saturated heterocycles. The highest BCUT2D eigenvalue weighted by Gasteiger charge is 2.38. The van der Waals surface area contributed by atoms with Gasteiger partial charge in [-0.15, -0.1) is 0 Å². The van der Waals surface area contributed by atoms with Crippen molar-refractivity contribution in [2.24, 2.45) is 4.99 Å². The smallest absolute Gasteiger partial charge is 0.120 e. The van der Waals surface area contributed by atoms with Crippen molar-refractivity contribution in [2.75, 3.05) is 7.11 Å². The van der Waals surface area contributed by atoms with Gasteiger partial charge in [-0.25, -0.2) is 0 Å². The molecule has 4 rings (SSSR count). The fourth-order valence-corrected chi connectivity index (χ4v) is 4.23. The Kier molecular flexibility index (Phi) is 4.68. The summed E-state index contributed by atoms with van der Waals surface area (Å²) in [5, 5.41) is 14.2. The number of nitrogens with one attached hydrogen (secondary N) is 1. The largest absolute Gasteiger partial charge is 0.508 e. The minimum atomic E-state index is -0.210. The Hall–Kier alpha value is -2.33. The molecule has 1 aliphatic heterocycles. The van der Waals surface area contributed by atoms with E-state index in [0.29, 0.717) is 5.75 Å². The molecule has 4 heteroatoms. The summed E-state index contributed by atoms with van der Waals surface area (Å²) in [6.07, 6.45) is 6.54. The van der Waals surface area contributed by atoms with Gasteiger partial charge < -0.3 is 9.84 Å². The Bertz CT molecular complexity index is 792. The molecule has 0 bridgehead atoms. The van der Waals surface area contributed by atoms with Crippen LogP contribution in [0.15, 0.2) is 53.5 Å². The lowest BCUT2D eigenvalue weighted by Crippen LogP contribution is -2.51. The van der Waals surface area contributed by atoms with Crippen LogP contribution in [-0.4, -0.2) is 23.6 Å². The number of para-hydroxylation sites is 1. The molecule has 0 amide bonds. The Morgan fingerprint density at radius 1 is 1.04 bits per heavy atom. The van der Waals surface area contributed by atoms with Gasteiger partial charge in [-0.3, -0.25) is 10.3 Å². The van der Waals surface area contributed by atoms with E-state index in [1.54, 1.807) is 13.2 Å². The molecule has 26 heavy (non-hydrogen) atoms. The van der Waals surface area contributed by atoms with Crippen molar-refractivity contribution in [3.05, 3.63) is 59.7 Å². The van der Waals surface area contributed by atoms with Crippen molar-refractivity contribution < 1.29 is 9.84 Å². The lowest BCUT2D eigenvalue weighted by atomic mass is 9.84. The second kappa shape index (κ2) is 7.12. The van der Waals surface area contributed by atoms with Gasteiger partial charge in [-0.05, 0) is 61.6 Å². The molecule has 1 atom stereocenters. The van der Waals surface area contributed by atoms with E-state index in [4.69, 9.17) is 9.73 Å². The standard InChI is InChI=1S/C22H26N2O2/c1-26-17-11-9-16(10-12-17)19-15-20(18-7-3-4-8-21(18)25)24-22(23-19)13-5-2-6-14-22/h3-4,7-12,20,24-25H,2,5-6,13-15H2,1H3/t20-/m0/s1. The Labute approximate surface area is 154 Å². The van der Waals surface area contributed by atoms with E-state index in [9.17, 15) is 5.11 Å². The summed E-state index contributed by atoms with van der Waals surface area (Å²) in [6.45, 7) is 0. The third kappa shape index (κ3) is 3.34. The molecular weight excluding hydrogens is 324 g/mol. The number of phenols is 1. The molecule has 4 nitrogen and oxygen atoms in total. The molecule has 1 heterocycles. The van der Waals surface area contributed by atoms with Crippen LogP contribution in [0.1, 0.15) is 55.7 Å². The SMILES string of the molecule is COc1ccc(C2=NC3(CCCCC3)N[C@H](c3ccccc3O)C2)cc1. The summed E-state index contributed by atoms with van der Waals surface area (Å²) in [6, 6.07) is 15.9. The van der Waals surface area contributed by atoms with Gasteiger partial charge >= 0.3 is 0 Å². The van der Waals surface area contributed by atoms with Crippen molar-refractivity contribution in [3.8, 4) is 11.5 Å². The number of hydrogen-bond donors (Lipinski definition) is 2. The van der Waals surface area contributed by atoms with Crippen LogP contribution in [0.2, 0.25) is 0 Å². The average Bonchev–Trinajstić information content (AvgIpc) is 2.68. The molecule has 136 valence electrons. The fraction of sp³-hybridized carbons (Fsp3) is 0.409. The van der Waals surface area contributed by atoms with Gasteiger partial charge in [0.15, 0.2) is 0 Å². The maximum absolute atomic E-state index is 10.4. The molecule has 2 aromatic carbocycles. The van der Waals surface area contributed by atoms with Crippen LogP contribution in [0, 0.1) is 0 Å². The van der Waals surface area contributed by atoms with Crippen molar-refractivity contribution >= 4 is 5.71 Å². The molecule has 0 aromatic heterocycles. The summed E-state index contributed by atoms with van der Waals surface area (Å²) < 4.78 is 5.29. The molecule has 0 radical (unpaired) electrons. The molecule has 0 unspecified atom stereocenters. The lowest BCUT2D eigenvalue weighted by molar-refractivity contribution is 0.206. The van der Waals surface area contributed by atoms with E-state index in [1.165, 1.54) is 19.3 Å². The van der Waals surface area contributed by atoms with Gasteiger partial charge in [-0.1, -0.05) is 24.6 Å². The Morgan fingerprint density at radius 2 is 1.77 bits per heavy atom. The zero-order chi connectivity index (χ0) is 18.0. The van der Waals surface area contributed by atoms with E-state index in [2.05, 4.69) is 17.4 Å². The van der Waals surface area contributed by atoms with E-state index in [0.717, 1.165) is 41.9 Å². The number of hydrogen-bond acceptors (Lipinski definition) is 4. The zero-order valence-electron chi connectivity index (χ0n) is 15.2. The number of ether oxygens (including phenoxy) is 1. The molecule has 2 aromatic rings. The van der Waals surface area contributed by atoms with Gasteiger partial charge in [0.1, 0.15) is 17.2 Å². The number of nitrogens with zero attached hydrogens (tertiary/aromatic N) is 1. The maximum Gasteiger partial charge on any atom is 0.120 e. The van der Waals surface area contributed by atoms with Crippen LogP contribution < -0.4 is 10.1 Å². The third-order valence-corrected chi connectivity index (χ3v) is 5.61.